The molecule has 1 aromatic rings. The van der Waals surface area contributed by atoms with Crippen LogP contribution in [0.2, 0.25) is 0 Å². The number of carbonyl (C=O) groups is 1. The van der Waals surface area contributed by atoms with Gasteiger partial charge in [-0.1, -0.05) is 31.4 Å². The smallest absolute Gasteiger partial charge is 0.262 e. The SMILES string of the molecule is COc1ccc(C(CN(C)C)C2(O)CCCCC2)cc1.N[C@@H]1CONC1=O. The van der Waals surface area contributed by atoms with Gasteiger partial charge >= 0.3 is 0 Å². The molecule has 1 heterocycles. The van der Waals surface area contributed by atoms with Gasteiger partial charge in [0.15, 0.2) is 0 Å². The van der Waals surface area contributed by atoms with Crippen LogP contribution in [0, 0.1) is 0 Å². The minimum Gasteiger partial charge on any atom is -0.497 e. The summed E-state index contributed by atoms with van der Waals surface area (Å²) in [7, 11) is 5.83. The molecule has 0 aromatic heterocycles. The number of ether oxygens (including phenoxy) is 1. The van der Waals surface area contributed by atoms with Crippen LogP contribution in [0.4, 0.5) is 0 Å². The fraction of sp³-hybridized carbons (Fsp3) is 0.650. The first-order valence-corrected chi connectivity index (χ1v) is 9.54. The highest BCUT2D eigenvalue weighted by molar-refractivity contribution is 5.81. The summed E-state index contributed by atoms with van der Waals surface area (Å²) in [6.07, 6.45) is 5.35. The highest BCUT2D eigenvalue weighted by Gasteiger charge is 2.38. The predicted molar refractivity (Wildman–Crippen MR) is 104 cm³/mol. The molecule has 1 amide bonds. The Morgan fingerprint density at radius 3 is 2.33 bits per heavy atom. The molecule has 0 bridgehead atoms. The molecule has 0 spiro atoms. The van der Waals surface area contributed by atoms with Crippen LogP contribution in [-0.4, -0.2) is 61.9 Å². The number of amides is 1. The number of nitrogens with one attached hydrogen (secondary N) is 1. The number of nitrogens with zero attached hydrogens (tertiary/aromatic N) is 1. The van der Waals surface area contributed by atoms with Crippen LogP contribution in [0.3, 0.4) is 0 Å². The number of methoxy groups -OCH3 is 1. The van der Waals surface area contributed by atoms with Crippen LogP contribution in [0.15, 0.2) is 24.3 Å². The van der Waals surface area contributed by atoms with Crippen LogP contribution in [0.1, 0.15) is 43.6 Å². The summed E-state index contributed by atoms with van der Waals surface area (Å²) in [5.74, 6) is 0.802. The molecule has 2 atom stereocenters. The maximum absolute atomic E-state index is 11.1. The van der Waals surface area contributed by atoms with Crippen molar-refractivity contribution in [3.63, 3.8) is 0 Å². The van der Waals surface area contributed by atoms with E-state index >= 15 is 0 Å². The van der Waals surface area contributed by atoms with Gasteiger partial charge in [-0.2, -0.15) is 0 Å². The maximum atomic E-state index is 11.1. The molecule has 1 aromatic carbocycles. The van der Waals surface area contributed by atoms with Crippen molar-refractivity contribution in [3.8, 4) is 5.75 Å². The third-order valence-corrected chi connectivity index (χ3v) is 5.21. The molecule has 1 unspecified atom stereocenters. The predicted octanol–water partition coefficient (Wildman–Crippen LogP) is 1.41. The molecule has 152 valence electrons. The Labute approximate surface area is 161 Å². The fourth-order valence-electron chi connectivity index (χ4n) is 3.65. The summed E-state index contributed by atoms with van der Waals surface area (Å²) < 4.78 is 5.23. The van der Waals surface area contributed by atoms with Crippen LogP contribution < -0.4 is 16.0 Å². The molecule has 27 heavy (non-hydrogen) atoms. The molecule has 1 aliphatic carbocycles. The number of likely N-dealkylation sites (N-methyl/N-ethyl adjacent to an activating group) is 1. The summed E-state index contributed by atoms with van der Waals surface area (Å²) in [5.41, 5.74) is 7.90. The molecule has 2 aliphatic rings. The molecule has 1 aliphatic heterocycles. The number of hydroxylamine groups is 1. The molecular weight excluding hydrogens is 346 g/mol. The molecule has 4 N–H and O–H groups in total. The van der Waals surface area contributed by atoms with E-state index in [2.05, 4.69) is 41.4 Å². The van der Waals surface area contributed by atoms with Crippen molar-refractivity contribution in [2.45, 2.75) is 49.7 Å². The van der Waals surface area contributed by atoms with Crippen molar-refractivity contribution in [1.29, 1.82) is 0 Å². The van der Waals surface area contributed by atoms with Crippen molar-refractivity contribution in [2.24, 2.45) is 5.73 Å². The van der Waals surface area contributed by atoms with E-state index in [1.165, 1.54) is 12.0 Å². The van der Waals surface area contributed by atoms with Gasteiger partial charge in [0.05, 0.1) is 19.3 Å². The molecule has 0 radical (unpaired) electrons. The zero-order valence-electron chi connectivity index (χ0n) is 16.6. The van der Waals surface area contributed by atoms with Crippen molar-refractivity contribution in [3.05, 3.63) is 29.8 Å². The lowest BCUT2D eigenvalue weighted by atomic mass is 9.72. The topological polar surface area (TPSA) is 97.1 Å². The number of nitrogens with two attached hydrogens (primary N) is 1. The Bertz CT molecular complexity index is 585. The second kappa shape index (κ2) is 10.0. The van der Waals surface area contributed by atoms with Crippen LogP contribution in [0.5, 0.6) is 5.75 Å². The van der Waals surface area contributed by atoms with E-state index in [0.717, 1.165) is 38.0 Å². The van der Waals surface area contributed by atoms with Gasteiger partial charge in [0.1, 0.15) is 11.8 Å². The summed E-state index contributed by atoms with van der Waals surface area (Å²) in [5, 5.41) is 11.1. The summed E-state index contributed by atoms with van der Waals surface area (Å²) >= 11 is 0. The van der Waals surface area contributed by atoms with E-state index < -0.39 is 11.6 Å². The van der Waals surface area contributed by atoms with Gasteiger partial charge in [0, 0.05) is 12.5 Å². The molecule has 3 rings (SSSR count). The highest BCUT2D eigenvalue weighted by Crippen LogP contribution is 2.40. The summed E-state index contributed by atoms with van der Waals surface area (Å²) in [4.78, 5) is 16.8. The lowest BCUT2D eigenvalue weighted by Gasteiger charge is -2.40. The van der Waals surface area contributed by atoms with E-state index in [9.17, 15) is 9.90 Å². The quantitative estimate of drug-likeness (QED) is 0.716. The first kappa shape index (κ1) is 21.6. The first-order chi connectivity index (χ1) is 12.9. The Morgan fingerprint density at radius 1 is 1.30 bits per heavy atom. The molecule has 1 saturated heterocycles. The minimum atomic E-state index is -0.558. The van der Waals surface area contributed by atoms with Crippen molar-refractivity contribution in [2.75, 3.05) is 34.4 Å². The molecule has 2 fully saturated rings. The average molecular weight is 380 g/mol. The average Bonchev–Trinajstić information content (AvgIpc) is 3.04. The Hall–Kier alpha value is -1.67. The molecule has 7 heteroatoms. The monoisotopic (exact) mass is 379 g/mol. The highest BCUT2D eigenvalue weighted by atomic mass is 16.7. The standard InChI is InChI=1S/C17H27NO2.C3H6N2O2/c1-18(2)13-16(17(19)11-5-4-6-12-17)14-7-9-15(20-3)10-8-14;4-2-1-7-5-3(2)6/h7-10,16,19H,4-6,11-13H2,1-3H3;2H,1,4H2,(H,5,6)/t;2-/m.1/s1. The van der Waals surface area contributed by atoms with Crippen LogP contribution in [0.25, 0.3) is 0 Å². The lowest BCUT2D eigenvalue weighted by Crippen LogP contribution is -2.42. The van der Waals surface area contributed by atoms with Gasteiger partial charge in [0.2, 0.25) is 0 Å². The zero-order valence-corrected chi connectivity index (χ0v) is 16.6. The largest absolute Gasteiger partial charge is 0.497 e. The van der Waals surface area contributed by atoms with Gasteiger partial charge in [-0.25, -0.2) is 5.48 Å². The van der Waals surface area contributed by atoms with Crippen molar-refractivity contribution >= 4 is 5.91 Å². The molecule has 1 saturated carbocycles. The van der Waals surface area contributed by atoms with E-state index in [4.69, 9.17) is 10.5 Å². The normalized spacial score (nSPS) is 22.6. The van der Waals surface area contributed by atoms with Gasteiger partial charge in [-0.3, -0.25) is 9.63 Å². The maximum Gasteiger partial charge on any atom is 0.262 e. The van der Waals surface area contributed by atoms with E-state index in [1.54, 1.807) is 7.11 Å². The number of rotatable bonds is 5. The van der Waals surface area contributed by atoms with Gasteiger partial charge < -0.3 is 20.5 Å². The minimum absolute atomic E-state index is 0.170. The van der Waals surface area contributed by atoms with E-state index in [1.807, 2.05) is 12.1 Å². The van der Waals surface area contributed by atoms with E-state index in [-0.39, 0.29) is 11.8 Å². The van der Waals surface area contributed by atoms with E-state index in [0.29, 0.717) is 6.61 Å². The number of aliphatic hydroxyl groups is 1. The second-order valence-corrected chi connectivity index (χ2v) is 7.64. The number of hydrogen-bond acceptors (Lipinski definition) is 6. The van der Waals surface area contributed by atoms with Crippen LogP contribution >= 0.6 is 0 Å². The van der Waals surface area contributed by atoms with Crippen molar-refractivity contribution < 1.29 is 19.5 Å². The van der Waals surface area contributed by atoms with Gasteiger partial charge in [-0.15, -0.1) is 0 Å². The Morgan fingerprint density at radius 2 is 1.93 bits per heavy atom. The number of hydrogen-bond donors (Lipinski definition) is 3. The summed E-state index contributed by atoms with van der Waals surface area (Å²) in [6.45, 7) is 1.17. The first-order valence-electron chi connectivity index (χ1n) is 9.54. The third kappa shape index (κ3) is 6.17. The fourth-order valence-corrected chi connectivity index (χ4v) is 3.65. The number of carbonyl (C=O) groups excluding carboxylic acids is 1. The lowest BCUT2D eigenvalue weighted by molar-refractivity contribution is -0.124. The third-order valence-electron chi connectivity index (χ3n) is 5.21. The van der Waals surface area contributed by atoms with Gasteiger partial charge in [-0.05, 0) is 44.6 Å². The van der Waals surface area contributed by atoms with Crippen LogP contribution in [-0.2, 0) is 9.63 Å². The Kier molecular flexibility index (Phi) is 8.04. The number of benzene rings is 1. The Balaban J connectivity index is 0.000000313. The zero-order chi connectivity index (χ0) is 19.9. The van der Waals surface area contributed by atoms with Crippen molar-refractivity contribution in [1.82, 2.24) is 10.4 Å². The van der Waals surface area contributed by atoms with Gasteiger partial charge in [0.25, 0.3) is 5.91 Å². The molecule has 7 nitrogen and oxygen atoms in total. The summed E-state index contributed by atoms with van der Waals surface area (Å²) in [6, 6.07) is 7.72. The second-order valence-electron chi connectivity index (χ2n) is 7.64. The molecular formula is C20H33N3O4.